The van der Waals surface area contributed by atoms with Gasteiger partial charge in [0.25, 0.3) is 0 Å². The van der Waals surface area contributed by atoms with Gasteiger partial charge in [0.05, 0.1) is 16.0 Å². The van der Waals surface area contributed by atoms with Crippen LogP contribution in [0.15, 0.2) is 12.1 Å². The van der Waals surface area contributed by atoms with E-state index in [9.17, 15) is 9.59 Å². The van der Waals surface area contributed by atoms with Crippen molar-refractivity contribution in [3.8, 4) is 0 Å². The molecule has 1 aromatic heterocycles. The van der Waals surface area contributed by atoms with Gasteiger partial charge in [-0.3, -0.25) is 9.59 Å². The summed E-state index contributed by atoms with van der Waals surface area (Å²) in [6.07, 6.45) is 0. The highest BCUT2D eigenvalue weighted by atomic mass is 32.2. The number of anilines is 1. The third-order valence-corrected chi connectivity index (χ3v) is 5.98. The third kappa shape index (κ3) is 3.72. The van der Waals surface area contributed by atoms with Gasteiger partial charge >= 0.3 is 0 Å². The highest BCUT2D eigenvalue weighted by Gasteiger charge is 2.23. The highest BCUT2D eigenvalue weighted by Crippen LogP contribution is 2.32. The summed E-state index contributed by atoms with van der Waals surface area (Å²) in [5.74, 6) is 0.292. The summed E-state index contributed by atoms with van der Waals surface area (Å²) in [5.41, 5.74) is 3.55. The lowest BCUT2D eigenvalue weighted by molar-refractivity contribution is -0.128. The Labute approximate surface area is 150 Å². The summed E-state index contributed by atoms with van der Waals surface area (Å²) in [7, 11) is 0. The molecule has 2 aromatic rings. The van der Waals surface area contributed by atoms with Crippen molar-refractivity contribution in [1.82, 2.24) is 9.88 Å². The molecule has 3 rings (SSSR count). The van der Waals surface area contributed by atoms with E-state index in [1.165, 1.54) is 22.8 Å². The Morgan fingerprint density at radius 3 is 2.58 bits per heavy atom. The Hall–Kier alpha value is -1.60. The zero-order valence-electron chi connectivity index (χ0n) is 14.2. The van der Waals surface area contributed by atoms with E-state index in [0.29, 0.717) is 13.1 Å². The number of hydrogen-bond acceptors (Lipinski definition) is 6. The van der Waals surface area contributed by atoms with Gasteiger partial charge in [-0.05, 0) is 31.0 Å². The van der Waals surface area contributed by atoms with Crippen LogP contribution in [0.1, 0.15) is 18.1 Å². The van der Waals surface area contributed by atoms with Gasteiger partial charge in [0.15, 0.2) is 10.2 Å². The van der Waals surface area contributed by atoms with E-state index in [1.807, 2.05) is 4.90 Å². The van der Waals surface area contributed by atoms with Gasteiger partial charge < -0.3 is 9.80 Å². The largest absolute Gasteiger partial charge is 0.345 e. The summed E-state index contributed by atoms with van der Waals surface area (Å²) < 4.78 is 1.22. The van der Waals surface area contributed by atoms with Crippen molar-refractivity contribution in [3.05, 3.63) is 23.3 Å². The molecule has 0 bridgehead atoms. The molecule has 2 heterocycles. The molecule has 1 aliphatic heterocycles. The van der Waals surface area contributed by atoms with E-state index < -0.39 is 0 Å². The minimum Gasteiger partial charge on any atom is -0.345 e. The van der Waals surface area contributed by atoms with Crippen LogP contribution in [0, 0.1) is 13.8 Å². The number of piperazine rings is 1. The average Bonchev–Trinajstić information content (AvgIpc) is 2.97. The maximum atomic E-state index is 12.1. The minimum absolute atomic E-state index is 0.0119. The molecule has 0 atom stereocenters. The lowest BCUT2D eigenvalue weighted by Crippen LogP contribution is -2.49. The fourth-order valence-corrected chi connectivity index (χ4v) is 4.60. The fraction of sp³-hybridized carbons (Fsp3) is 0.471. The van der Waals surface area contributed by atoms with E-state index in [-0.39, 0.29) is 16.8 Å². The second-order valence-electron chi connectivity index (χ2n) is 6.07. The molecule has 0 saturated carbocycles. The molecular formula is C17H21N3O2S2. The van der Waals surface area contributed by atoms with Crippen LogP contribution in [-0.2, 0) is 9.59 Å². The lowest BCUT2D eigenvalue weighted by atomic mass is 10.1. The number of carbonyl (C=O) groups excluding carboxylic acids is 2. The SMILES string of the molecule is CC(=O)SCC(=O)N1CCN(c2nc3c(C)cc(C)cc3s2)CC1. The molecule has 0 spiro atoms. The van der Waals surface area contributed by atoms with Gasteiger partial charge in [0.2, 0.25) is 5.91 Å². The molecule has 0 radical (unpaired) electrons. The van der Waals surface area contributed by atoms with Crippen LogP contribution in [0.25, 0.3) is 10.2 Å². The molecule has 1 fully saturated rings. The van der Waals surface area contributed by atoms with Crippen molar-refractivity contribution < 1.29 is 9.59 Å². The first-order chi connectivity index (χ1) is 11.4. The first-order valence-corrected chi connectivity index (χ1v) is 9.78. The summed E-state index contributed by atoms with van der Waals surface area (Å²) in [4.78, 5) is 32.0. The highest BCUT2D eigenvalue weighted by molar-refractivity contribution is 8.14. The Morgan fingerprint density at radius 1 is 1.21 bits per heavy atom. The first kappa shape index (κ1) is 17.2. The molecular weight excluding hydrogens is 342 g/mol. The number of aromatic nitrogens is 1. The van der Waals surface area contributed by atoms with Crippen LogP contribution >= 0.6 is 23.1 Å². The molecule has 1 aliphatic rings. The van der Waals surface area contributed by atoms with Crippen LogP contribution in [0.2, 0.25) is 0 Å². The van der Waals surface area contributed by atoms with Crippen LogP contribution in [0.5, 0.6) is 0 Å². The number of thiazole rings is 1. The van der Waals surface area contributed by atoms with Crippen LogP contribution in [0.4, 0.5) is 5.13 Å². The summed E-state index contributed by atoms with van der Waals surface area (Å²) in [5, 5.41) is 1.02. The second kappa shape index (κ2) is 7.11. The predicted molar refractivity (Wildman–Crippen MR) is 101 cm³/mol. The Morgan fingerprint density at radius 2 is 1.92 bits per heavy atom. The average molecular weight is 364 g/mol. The zero-order chi connectivity index (χ0) is 17.3. The van der Waals surface area contributed by atoms with Crippen LogP contribution in [0.3, 0.4) is 0 Å². The zero-order valence-corrected chi connectivity index (χ0v) is 15.8. The monoisotopic (exact) mass is 363 g/mol. The molecule has 7 heteroatoms. The van der Waals surface area contributed by atoms with Gasteiger partial charge in [-0.25, -0.2) is 4.98 Å². The van der Waals surface area contributed by atoms with Crippen molar-refractivity contribution in [3.63, 3.8) is 0 Å². The quantitative estimate of drug-likeness (QED) is 0.839. The Bertz CT molecular complexity index is 779. The molecule has 1 amide bonds. The first-order valence-electron chi connectivity index (χ1n) is 7.98. The topological polar surface area (TPSA) is 53.5 Å². The van der Waals surface area contributed by atoms with E-state index in [4.69, 9.17) is 4.98 Å². The summed E-state index contributed by atoms with van der Waals surface area (Å²) in [6, 6.07) is 4.34. The number of amides is 1. The standard InChI is InChI=1S/C17H21N3O2S2/c1-11-8-12(2)16-14(9-11)24-17(18-16)20-6-4-19(5-7-20)15(22)10-23-13(3)21/h8-9H,4-7,10H2,1-3H3. The van der Waals surface area contributed by atoms with Crippen molar-refractivity contribution in [2.24, 2.45) is 0 Å². The summed E-state index contributed by atoms with van der Waals surface area (Å²) in [6.45, 7) is 8.64. The molecule has 128 valence electrons. The van der Waals surface area contributed by atoms with Crippen LogP contribution < -0.4 is 4.90 Å². The van der Waals surface area contributed by atoms with Gasteiger partial charge in [-0.15, -0.1) is 0 Å². The van der Waals surface area contributed by atoms with Gasteiger partial charge in [0.1, 0.15) is 0 Å². The van der Waals surface area contributed by atoms with Gasteiger partial charge in [-0.1, -0.05) is 29.2 Å². The number of thioether (sulfide) groups is 1. The number of benzene rings is 1. The Kier molecular flexibility index (Phi) is 5.10. The molecule has 24 heavy (non-hydrogen) atoms. The van der Waals surface area contributed by atoms with E-state index >= 15 is 0 Å². The normalized spacial score (nSPS) is 15.1. The maximum absolute atomic E-state index is 12.1. The molecule has 0 N–H and O–H groups in total. The number of fused-ring (bicyclic) bond motifs is 1. The van der Waals surface area contributed by atoms with Crippen LogP contribution in [-0.4, -0.2) is 52.8 Å². The number of nitrogens with zero attached hydrogens (tertiary/aromatic N) is 3. The predicted octanol–water partition coefficient (Wildman–Crippen LogP) is 2.84. The van der Waals surface area contributed by atoms with Crippen molar-refractivity contribution in [2.75, 3.05) is 36.8 Å². The van der Waals surface area contributed by atoms with E-state index in [0.717, 1.165) is 35.5 Å². The number of aryl methyl sites for hydroxylation is 2. The summed E-state index contributed by atoms with van der Waals surface area (Å²) >= 11 is 2.80. The minimum atomic E-state index is -0.0119. The van der Waals surface area contributed by atoms with Crippen molar-refractivity contribution >= 4 is 49.5 Å². The molecule has 0 aliphatic carbocycles. The molecule has 1 saturated heterocycles. The fourth-order valence-electron chi connectivity index (χ4n) is 2.90. The number of carbonyl (C=O) groups is 2. The Balaban J connectivity index is 1.65. The number of rotatable bonds is 3. The third-order valence-electron chi connectivity index (χ3n) is 4.12. The van der Waals surface area contributed by atoms with E-state index in [2.05, 4.69) is 30.9 Å². The second-order valence-corrected chi connectivity index (χ2v) is 8.23. The van der Waals surface area contributed by atoms with Gasteiger partial charge in [0, 0.05) is 33.1 Å². The molecule has 0 unspecified atom stereocenters. The lowest BCUT2D eigenvalue weighted by Gasteiger charge is -2.34. The molecule has 1 aromatic carbocycles. The van der Waals surface area contributed by atoms with Crippen molar-refractivity contribution in [1.29, 1.82) is 0 Å². The number of hydrogen-bond donors (Lipinski definition) is 0. The van der Waals surface area contributed by atoms with Crippen molar-refractivity contribution in [2.45, 2.75) is 20.8 Å². The van der Waals surface area contributed by atoms with Gasteiger partial charge in [-0.2, -0.15) is 0 Å². The van der Waals surface area contributed by atoms with E-state index in [1.54, 1.807) is 11.3 Å². The molecule has 5 nitrogen and oxygen atoms in total. The maximum Gasteiger partial charge on any atom is 0.233 e. The smallest absolute Gasteiger partial charge is 0.233 e.